The Morgan fingerprint density at radius 3 is 2.30 bits per heavy atom. The van der Waals surface area contributed by atoms with Gasteiger partial charge in [-0.25, -0.2) is 0 Å². The molecular weight excluding hydrogens is 272 g/mol. The summed E-state index contributed by atoms with van der Waals surface area (Å²) >= 11 is 1.60. The van der Waals surface area contributed by atoms with Crippen LogP contribution < -0.4 is 5.73 Å². The van der Waals surface area contributed by atoms with Gasteiger partial charge in [-0.1, -0.05) is 29.8 Å². The monoisotopic (exact) mass is 288 g/mol. The van der Waals surface area contributed by atoms with Gasteiger partial charge in [-0.3, -0.25) is 10.1 Å². The lowest BCUT2D eigenvalue weighted by Gasteiger charge is -2.11. The molecule has 1 atom stereocenters. The number of nitrogens with two attached hydrogens (primary N) is 1. The maximum absolute atomic E-state index is 10.6. The Balaban J connectivity index is 1.94. The van der Waals surface area contributed by atoms with E-state index in [2.05, 4.69) is 0 Å². The summed E-state index contributed by atoms with van der Waals surface area (Å²) < 4.78 is 0. The zero-order valence-corrected chi connectivity index (χ0v) is 12.0. The molecule has 1 unspecified atom stereocenters. The molecule has 2 rings (SSSR count). The van der Waals surface area contributed by atoms with E-state index >= 15 is 0 Å². The highest BCUT2D eigenvalue weighted by Gasteiger charge is 2.08. The Morgan fingerprint density at radius 1 is 1.15 bits per heavy atom. The Bertz CT molecular complexity index is 582. The third-order valence-corrected chi connectivity index (χ3v) is 4.11. The van der Waals surface area contributed by atoms with Crippen molar-refractivity contribution in [1.82, 2.24) is 0 Å². The first-order chi connectivity index (χ1) is 9.56. The van der Waals surface area contributed by atoms with Crippen LogP contribution in [0.4, 0.5) is 5.69 Å². The average Bonchev–Trinajstić information content (AvgIpc) is 2.46. The van der Waals surface area contributed by atoms with Gasteiger partial charge in [-0.2, -0.15) is 0 Å². The van der Waals surface area contributed by atoms with E-state index in [4.69, 9.17) is 5.73 Å². The van der Waals surface area contributed by atoms with Crippen molar-refractivity contribution >= 4 is 17.4 Å². The van der Waals surface area contributed by atoms with Gasteiger partial charge in [0.15, 0.2) is 0 Å². The number of nitro benzene ring substituents is 1. The van der Waals surface area contributed by atoms with Crippen LogP contribution >= 0.6 is 11.8 Å². The van der Waals surface area contributed by atoms with E-state index in [1.165, 1.54) is 17.7 Å². The fourth-order valence-corrected chi connectivity index (χ4v) is 2.65. The second-order valence-electron chi connectivity index (χ2n) is 4.58. The smallest absolute Gasteiger partial charge is 0.269 e. The van der Waals surface area contributed by atoms with E-state index in [1.807, 2.05) is 31.2 Å². The molecule has 2 N–H and O–H groups in total. The van der Waals surface area contributed by atoms with Crippen molar-refractivity contribution in [2.75, 3.05) is 5.75 Å². The van der Waals surface area contributed by atoms with Crippen molar-refractivity contribution in [3.05, 3.63) is 69.8 Å². The zero-order chi connectivity index (χ0) is 14.5. The molecule has 0 radical (unpaired) electrons. The van der Waals surface area contributed by atoms with Gasteiger partial charge >= 0.3 is 0 Å². The van der Waals surface area contributed by atoms with Crippen LogP contribution in [0.5, 0.6) is 0 Å². The highest BCUT2D eigenvalue weighted by molar-refractivity contribution is 7.99. The SMILES string of the molecule is Cc1ccc(C(N)CSc2ccc([N+](=O)[O-])cc2)cc1. The number of nitro groups is 1. The molecule has 2 aromatic rings. The van der Waals surface area contributed by atoms with E-state index in [0.29, 0.717) is 0 Å². The van der Waals surface area contributed by atoms with Crippen LogP contribution in [0.3, 0.4) is 0 Å². The van der Waals surface area contributed by atoms with Gasteiger partial charge in [-0.15, -0.1) is 11.8 Å². The molecule has 0 bridgehead atoms. The predicted molar refractivity (Wildman–Crippen MR) is 81.9 cm³/mol. The minimum atomic E-state index is -0.396. The van der Waals surface area contributed by atoms with Gasteiger partial charge in [0.2, 0.25) is 0 Å². The third kappa shape index (κ3) is 3.82. The molecule has 104 valence electrons. The Morgan fingerprint density at radius 2 is 1.75 bits per heavy atom. The lowest BCUT2D eigenvalue weighted by atomic mass is 10.1. The summed E-state index contributed by atoms with van der Waals surface area (Å²) in [6.45, 7) is 2.04. The summed E-state index contributed by atoms with van der Waals surface area (Å²) in [5.74, 6) is 0.737. The van der Waals surface area contributed by atoms with Gasteiger partial charge in [0, 0.05) is 28.8 Å². The van der Waals surface area contributed by atoms with Crippen molar-refractivity contribution in [2.24, 2.45) is 5.73 Å². The van der Waals surface area contributed by atoms with Gasteiger partial charge in [0.25, 0.3) is 5.69 Å². The summed E-state index contributed by atoms with van der Waals surface area (Å²) in [6, 6.07) is 14.7. The second kappa shape index (κ2) is 6.54. The number of nitrogens with zero attached hydrogens (tertiary/aromatic N) is 1. The number of hydrogen-bond donors (Lipinski definition) is 1. The van der Waals surface area contributed by atoms with E-state index in [9.17, 15) is 10.1 Å². The highest BCUT2D eigenvalue weighted by Crippen LogP contribution is 2.25. The van der Waals surface area contributed by atoms with Crippen LogP contribution in [-0.2, 0) is 0 Å². The fraction of sp³-hybridized carbons (Fsp3) is 0.200. The van der Waals surface area contributed by atoms with Crippen molar-refractivity contribution in [1.29, 1.82) is 0 Å². The average molecular weight is 288 g/mol. The van der Waals surface area contributed by atoms with Gasteiger partial charge in [-0.05, 0) is 24.6 Å². The van der Waals surface area contributed by atoms with Crippen LogP contribution in [0.15, 0.2) is 53.4 Å². The lowest BCUT2D eigenvalue weighted by Crippen LogP contribution is -2.12. The molecule has 0 fully saturated rings. The van der Waals surface area contributed by atoms with E-state index in [-0.39, 0.29) is 11.7 Å². The zero-order valence-electron chi connectivity index (χ0n) is 11.2. The summed E-state index contributed by atoms with van der Waals surface area (Å²) in [4.78, 5) is 11.2. The van der Waals surface area contributed by atoms with E-state index < -0.39 is 4.92 Å². The van der Waals surface area contributed by atoms with E-state index in [0.717, 1.165) is 16.2 Å². The van der Waals surface area contributed by atoms with Gasteiger partial charge in [0.05, 0.1) is 4.92 Å². The van der Waals surface area contributed by atoms with Crippen molar-refractivity contribution in [2.45, 2.75) is 17.9 Å². The first-order valence-electron chi connectivity index (χ1n) is 6.25. The molecule has 0 aliphatic carbocycles. The molecular formula is C15H16N2O2S. The quantitative estimate of drug-likeness (QED) is 0.517. The maximum Gasteiger partial charge on any atom is 0.269 e. The first-order valence-corrected chi connectivity index (χ1v) is 7.24. The van der Waals surface area contributed by atoms with Crippen LogP contribution in [-0.4, -0.2) is 10.7 Å². The molecule has 0 amide bonds. The minimum absolute atomic E-state index is 0.0456. The number of benzene rings is 2. The standard InChI is InChI=1S/C15H16N2O2S/c1-11-2-4-12(5-3-11)15(16)10-20-14-8-6-13(7-9-14)17(18)19/h2-9,15H,10,16H2,1H3. The van der Waals surface area contributed by atoms with Gasteiger partial charge < -0.3 is 5.73 Å². The van der Waals surface area contributed by atoms with Crippen LogP contribution in [0.25, 0.3) is 0 Å². The molecule has 0 aromatic heterocycles. The number of rotatable bonds is 5. The van der Waals surface area contributed by atoms with Crippen molar-refractivity contribution < 1.29 is 4.92 Å². The van der Waals surface area contributed by atoms with Crippen LogP contribution in [0.1, 0.15) is 17.2 Å². The third-order valence-electron chi connectivity index (χ3n) is 2.98. The Hall–Kier alpha value is -1.85. The molecule has 0 heterocycles. The Kier molecular flexibility index (Phi) is 4.76. The molecule has 0 aliphatic heterocycles. The summed E-state index contributed by atoms with van der Waals surface area (Å²) in [5.41, 5.74) is 8.56. The summed E-state index contributed by atoms with van der Waals surface area (Å²) in [5, 5.41) is 10.6. The number of hydrogen-bond acceptors (Lipinski definition) is 4. The van der Waals surface area contributed by atoms with Crippen molar-refractivity contribution in [3.8, 4) is 0 Å². The topological polar surface area (TPSA) is 69.2 Å². The molecule has 0 spiro atoms. The molecule has 0 saturated heterocycles. The van der Waals surface area contributed by atoms with E-state index in [1.54, 1.807) is 23.9 Å². The summed E-state index contributed by atoms with van der Waals surface area (Å²) in [6.07, 6.45) is 0. The lowest BCUT2D eigenvalue weighted by molar-refractivity contribution is -0.384. The van der Waals surface area contributed by atoms with Crippen LogP contribution in [0, 0.1) is 17.0 Å². The van der Waals surface area contributed by atoms with Crippen molar-refractivity contribution in [3.63, 3.8) is 0 Å². The fourth-order valence-electron chi connectivity index (χ4n) is 1.76. The predicted octanol–water partition coefficient (Wildman–Crippen LogP) is 3.70. The summed E-state index contributed by atoms with van der Waals surface area (Å²) in [7, 11) is 0. The van der Waals surface area contributed by atoms with Crippen LogP contribution in [0.2, 0.25) is 0 Å². The first kappa shape index (κ1) is 14.6. The molecule has 2 aromatic carbocycles. The molecule has 5 heteroatoms. The molecule has 0 aliphatic rings. The largest absolute Gasteiger partial charge is 0.323 e. The van der Waals surface area contributed by atoms with Gasteiger partial charge in [0.1, 0.15) is 0 Å². The molecule has 20 heavy (non-hydrogen) atoms. The normalized spacial score (nSPS) is 12.1. The number of non-ortho nitro benzene ring substituents is 1. The minimum Gasteiger partial charge on any atom is -0.323 e. The second-order valence-corrected chi connectivity index (χ2v) is 5.67. The number of aryl methyl sites for hydroxylation is 1. The Labute approximate surface area is 122 Å². The number of thioether (sulfide) groups is 1. The molecule has 0 saturated carbocycles. The highest BCUT2D eigenvalue weighted by atomic mass is 32.2. The molecule has 4 nitrogen and oxygen atoms in total. The maximum atomic E-state index is 10.6.